The van der Waals surface area contributed by atoms with Gasteiger partial charge in [-0.25, -0.2) is 0 Å². The van der Waals surface area contributed by atoms with Gasteiger partial charge in [0.05, 0.1) is 5.92 Å². The summed E-state index contributed by atoms with van der Waals surface area (Å²) in [5.74, 6) is -0.447. The van der Waals surface area contributed by atoms with Crippen LogP contribution < -0.4 is 10.6 Å². The van der Waals surface area contributed by atoms with E-state index in [1.807, 2.05) is 38.1 Å². The van der Waals surface area contributed by atoms with Gasteiger partial charge in [0.25, 0.3) is 5.91 Å². The van der Waals surface area contributed by atoms with Crippen LogP contribution in [0.25, 0.3) is 0 Å². The summed E-state index contributed by atoms with van der Waals surface area (Å²) >= 11 is 0. The van der Waals surface area contributed by atoms with E-state index in [1.54, 1.807) is 29.2 Å². The Hall–Kier alpha value is -3.15. The van der Waals surface area contributed by atoms with Crippen molar-refractivity contribution < 1.29 is 14.4 Å². The highest BCUT2D eigenvalue weighted by molar-refractivity contribution is 6.05. The highest BCUT2D eigenvalue weighted by atomic mass is 16.2. The predicted octanol–water partition coefficient (Wildman–Crippen LogP) is 4.09. The van der Waals surface area contributed by atoms with Gasteiger partial charge in [0.2, 0.25) is 11.8 Å². The Morgan fingerprint density at radius 1 is 1.07 bits per heavy atom. The van der Waals surface area contributed by atoms with Crippen LogP contribution in [0.15, 0.2) is 48.5 Å². The molecule has 0 aromatic heterocycles. The van der Waals surface area contributed by atoms with Crippen LogP contribution in [0.5, 0.6) is 0 Å². The lowest BCUT2D eigenvalue weighted by molar-refractivity contribution is -0.137. The van der Waals surface area contributed by atoms with E-state index in [9.17, 15) is 14.4 Å². The largest absolute Gasteiger partial charge is 0.342 e. The monoisotopic (exact) mass is 407 g/mol. The Morgan fingerprint density at radius 2 is 1.87 bits per heavy atom. The third-order valence-corrected chi connectivity index (χ3v) is 5.40. The number of carbonyl (C=O) groups excluding carboxylic acids is 3. The molecule has 0 radical (unpaired) electrons. The smallest absolute Gasteiger partial charge is 0.255 e. The summed E-state index contributed by atoms with van der Waals surface area (Å²) in [5.41, 5.74) is 2.92. The van der Waals surface area contributed by atoms with Crippen LogP contribution in [-0.4, -0.2) is 35.7 Å². The molecule has 1 aliphatic heterocycles. The first-order valence-electron chi connectivity index (χ1n) is 10.6. The minimum Gasteiger partial charge on any atom is -0.342 e. The van der Waals surface area contributed by atoms with Crippen molar-refractivity contribution in [1.29, 1.82) is 0 Å². The molecule has 1 heterocycles. The lowest BCUT2D eigenvalue weighted by Gasteiger charge is -2.31. The van der Waals surface area contributed by atoms with Crippen molar-refractivity contribution in [2.75, 3.05) is 23.7 Å². The van der Waals surface area contributed by atoms with Gasteiger partial charge in [-0.05, 0) is 49.1 Å². The zero-order valence-electron chi connectivity index (χ0n) is 17.6. The second-order valence-electron chi connectivity index (χ2n) is 7.61. The average molecular weight is 408 g/mol. The molecule has 3 amide bonds. The van der Waals surface area contributed by atoms with E-state index in [2.05, 4.69) is 10.6 Å². The van der Waals surface area contributed by atoms with Gasteiger partial charge in [-0.2, -0.15) is 0 Å². The Bertz CT molecular complexity index is 925. The molecular formula is C24H29N3O3. The maximum Gasteiger partial charge on any atom is 0.255 e. The van der Waals surface area contributed by atoms with E-state index in [0.29, 0.717) is 37.2 Å². The molecule has 2 aromatic rings. The van der Waals surface area contributed by atoms with Crippen molar-refractivity contribution in [3.63, 3.8) is 0 Å². The number of hydrogen-bond donors (Lipinski definition) is 2. The van der Waals surface area contributed by atoms with Crippen LogP contribution in [0.1, 0.15) is 49.0 Å². The maximum absolute atomic E-state index is 12.7. The standard InChI is InChI=1S/C24H29N3O3/c1-3-14-27-16-19(12-13-22(27)28)24(30)25-20-10-7-9-18(15-20)23(29)26-21-11-6-5-8-17(21)4-2/h5-11,15,19H,3-4,12-14,16H2,1-2H3,(H,25,30)(H,26,29)/t19-/m1/s1. The quantitative estimate of drug-likeness (QED) is 0.726. The van der Waals surface area contributed by atoms with Crippen LogP contribution in [0.2, 0.25) is 0 Å². The van der Waals surface area contributed by atoms with Crippen LogP contribution >= 0.6 is 0 Å². The Balaban J connectivity index is 1.65. The average Bonchev–Trinajstić information content (AvgIpc) is 2.76. The minimum absolute atomic E-state index is 0.113. The first-order valence-corrected chi connectivity index (χ1v) is 10.6. The molecule has 3 rings (SSSR count). The summed E-state index contributed by atoms with van der Waals surface area (Å²) in [6.07, 6.45) is 2.65. The number of nitrogens with zero attached hydrogens (tertiary/aromatic N) is 1. The van der Waals surface area contributed by atoms with Gasteiger partial charge in [-0.1, -0.05) is 38.1 Å². The number of benzene rings is 2. The van der Waals surface area contributed by atoms with Crippen LogP contribution in [-0.2, 0) is 16.0 Å². The summed E-state index contributed by atoms with van der Waals surface area (Å²) in [4.78, 5) is 39.2. The van der Waals surface area contributed by atoms with Crippen LogP contribution in [0.4, 0.5) is 11.4 Å². The molecule has 0 saturated carbocycles. The zero-order valence-corrected chi connectivity index (χ0v) is 17.6. The van der Waals surface area contributed by atoms with E-state index in [-0.39, 0.29) is 23.6 Å². The van der Waals surface area contributed by atoms with Gasteiger partial charge < -0.3 is 15.5 Å². The number of para-hydroxylation sites is 1. The topological polar surface area (TPSA) is 78.5 Å². The molecule has 6 nitrogen and oxygen atoms in total. The molecular weight excluding hydrogens is 378 g/mol. The molecule has 1 fully saturated rings. The van der Waals surface area contributed by atoms with E-state index in [0.717, 1.165) is 24.1 Å². The summed E-state index contributed by atoms with van der Waals surface area (Å²) in [6.45, 7) is 5.19. The number of carbonyl (C=O) groups is 3. The van der Waals surface area contributed by atoms with Crippen molar-refractivity contribution in [3.8, 4) is 0 Å². The first kappa shape index (κ1) is 21.6. The molecule has 1 saturated heterocycles. The highest BCUT2D eigenvalue weighted by Crippen LogP contribution is 2.21. The molecule has 0 unspecified atom stereocenters. The minimum atomic E-state index is -0.233. The predicted molar refractivity (Wildman–Crippen MR) is 118 cm³/mol. The molecule has 1 atom stereocenters. The molecule has 6 heteroatoms. The van der Waals surface area contributed by atoms with Crippen molar-refractivity contribution in [3.05, 3.63) is 59.7 Å². The number of aryl methyl sites for hydroxylation is 1. The first-order chi connectivity index (χ1) is 14.5. The fourth-order valence-electron chi connectivity index (χ4n) is 3.74. The van der Waals surface area contributed by atoms with Gasteiger partial charge in [0.15, 0.2) is 0 Å². The maximum atomic E-state index is 12.7. The SMILES string of the molecule is CCCN1C[C@H](C(=O)Nc2cccc(C(=O)Nc3ccccc3CC)c2)CCC1=O. The Morgan fingerprint density at radius 3 is 2.63 bits per heavy atom. The molecule has 2 aromatic carbocycles. The van der Waals surface area contributed by atoms with E-state index < -0.39 is 0 Å². The Kier molecular flexibility index (Phi) is 7.22. The number of piperidine rings is 1. The fraction of sp³-hybridized carbons (Fsp3) is 0.375. The number of anilines is 2. The van der Waals surface area contributed by atoms with Crippen molar-refractivity contribution in [1.82, 2.24) is 4.90 Å². The fourth-order valence-corrected chi connectivity index (χ4v) is 3.74. The van der Waals surface area contributed by atoms with Gasteiger partial charge in [0.1, 0.15) is 0 Å². The molecule has 0 aliphatic carbocycles. The number of amides is 3. The van der Waals surface area contributed by atoms with Crippen LogP contribution in [0, 0.1) is 5.92 Å². The normalized spacial score (nSPS) is 16.3. The molecule has 2 N–H and O–H groups in total. The van der Waals surface area contributed by atoms with Crippen molar-refractivity contribution in [2.24, 2.45) is 5.92 Å². The zero-order chi connectivity index (χ0) is 21.5. The van der Waals surface area contributed by atoms with Gasteiger partial charge in [0, 0.05) is 36.4 Å². The number of likely N-dealkylation sites (tertiary alicyclic amines) is 1. The van der Waals surface area contributed by atoms with E-state index in [1.165, 1.54) is 0 Å². The molecule has 0 spiro atoms. The number of hydrogen-bond acceptors (Lipinski definition) is 3. The third-order valence-electron chi connectivity index (χ3n) is 5.40. The van der Waals surface area contributed by atoms with Crippen LogP contribution in [0.3, 0.4) is 0 Å². The molecule has 1 aliphatic rings. The summed E-state index contributed by atoms with van der Waals surface area (Å²) in [6, 6.07) is 14.6. The van der Waals surface area contributed by atoms with Crippen molar-refractivity contribution in [2.45, 2.75) is 39.5 Å². The number of nitrogens with one attached hydrogen (secondary N) is 2. The Labute approximate surface area is 177 Å². The van der Waals surface area contributed by atoms with Gasteiger partial charge in [-0.15, -0.1) is 0 Å². The molecule has 158 valence electrons. The second-order valence-corrected chi connectivity index (χ2v) is 7.61. The van der Waals surface area contributed by atoms with E-state index >= 15 is 0 Å². The van der Waals surface area contributed by atoms with Gasteiger partial charge in [-0.3, -0.25) is 14.4 Å². The second kappa shape index (κ2) is 10.1. The third kappa shape index (κ3) is 5.26. The lowest BCUT2D eigenvalue weighted by Crippen LogP contribution is -2.44. The molecule has 0 bridgehead atoms. The van der Waals surface area contributed by atoms with E-state index in [4.69, 9.17) is 0 Å². The lowest BCUT2D eigenvalue weighted by atomic mass is 9.96. The van der Waals surface area contributed by atoms with Gasteiger partial charge >= 0.3 is 0 Å². The van der Waals surface area contributed by atoms with Crippen molar-refractivity contribution >= 4 is 29.1 Å². The summed E-state index contributed by atoms with van der Waals surface area (Å²) in [5, 5.41) is 5.86. The summed E-state index contributed by atoms with van der Waals surface area (Å²) in [7, 11) is 0. The highest BCUT2D eigenvalue weighted by Gasteiger charge is 2.29. The number of rotatable bonds is 7. The summed E-state index contributed by atoms with van der Waals surface area (Å²) < 4.78 is 0. The molecule has 30 heavy (non-hydrogen) atoms.